The molecule has 8 heavy (non-hydrogen) atoms. The molecule has 0 aliphatic rings. The van der Waals surface area contributed by atoms with Gasteiger partial charge in [-0.05, 0) is 18.4 Å². The maximum atomic E-state index is 9.63. The summed E-state index contributed by atoms with van der Waals surface area (Å²) in [7, 11) is 1.80. The molecule has 0 rings (SSSR count). The fraction of sp³-hybridized carbons (Fsp3) is 0.167. The number of allylic oxidation sites excluding steroid dienone is 3. The number of nitrogens with one attached hydrogen (secondary N) is 1. The molecular weight excluding hydrogens is 102 g/mol. The molecule has 0 spiro atoms. The number of aldehydes is 1. The average molecular weight is 111 g/mol. The van der Waals surface area contributed by atoms with E-state index >= 15 is 0 Å². The van der Waals surface area contributed by atoms with Crippen LogP contribution in [-0.4, -0.2) is 13.3 Å². The molecule has 0 aliphatic carbocycles. The molecule has 2 heteroatoms. The lowest BCUT2D eigenvalue weighted by atomic mass is 10.5. The molecule has 0 aliphatic heterocycles. The standard InChI is InChI=1S/C6H9NO/c1-7-5-3-2-4-6-8/h2-7H,1H3. The molecule has 0 heterocycles. The van der Waals surface area contributed by atoms with E-state index in [2.05, 4.69) is 5.32 Å². The van der Waals surface area contributed by atoms with Gasteiger partial charge in [0.25, 0.3) is 0 Å². The maximum absolute atomic E-state index is 9.63. The zero-order valence-electron chi connectivity index (χ0n) is 4.79. The monoisotopic (exact) mass is 111 g/mol. The van der Waals surface area contributed by atoms with Crippen LogP contribution in [0.15, 0.2) is 24.4 Å². The summed E-state index contributed by atoms with van der Waals surface area (Å²) in [6.45, 7) is 0. The molecule has 0 aromatic rings. The van der Waals surface area contributed by atoms with Gasteiger partial charge in [-0.2, -0.15) is 0 Å². The third-order valence-corrected chi connectivity index (χ3v) is 0.564. The molecule has 44 valence electrons. The summed E-state index contributed by atoms with van der Waals surface area (Å²) in [5.41, 5.74) is 0. The molecule has 0 saturated heterocycles. The normalized spacial score (nSPS) is 10.6. The summed E-state index contributed by atoms with van der Waals surface area (Å²) in [5, 5.41) is 2.78. The molecule has 2 nitrogen and oxygen atoms in total. The smallest absolute Gasteiger partial charge is 0.142 e. The molecule has 0 fully saturated rings. The van der Waals surface area contributed by atoms with Crippen LogP contribution in [0, 0.1) is 0 Å². The molecule has 0 aromatic heterocycles. The van der Waals surface area contributed by atoms with Gasteiger partial charge in [0.2, 0.25) is 0 Å². The summed E-state index contributed by atoms with van der Waals surface area (Å²) in [6, 6.07) is 0. The average Bonchev–Trinajstić information content (AvgIpc) is 1.81. The summed E-state index contributed by atoms with van der Waals surface area (Å²) >= 11 is 0. The number of hydrogen-bond acceptors (Lipinski definition) is 2. The topological polar surface area (TPSA) is 29.1 Å². The highest BCUT2D eigenvalue weighted by Gasteiger charge is 1.58. The molecule has 0 aromatic carbocycles. The third kappa shape index (κ3) is 4.95. The van der Waals surface area contributed by atoms with Crippen molar-refractivity contribution in [2.24, 2.45) is 0 Å². The van der Waals surface area contributed by atoms with E-state index < -0.39 is 0 Å². The molecule has 0 atom stereocenters. The second-order valence-electron chi connectivity index (χ2n) is 1.17. The molecular formula is C6H9NO. The van der Waals surface area contributed by atoms with Gasteiger partial charge in [-0.15, -0.1) is 0 Å². The zero-order valence-corrected chi connectivity index (χ0v) is 4.79. The van der Waals surface area contributed by atoms with E-state index in [0.29, 0.717) is 0 Å². The quantitative estimate of drug-likeness (QED) is 0.326. The fourth-order valence-electron chi connectivity index (χ4n) is 0.261. The lowest BCUT2D eigenvalue weighted by Crippen LogP contribution is -1.89. The van der Waals surface area contributed by atoms with Crippen LogP contribution in [0.5, 0.6) is 0 Å². The van der Waals surface area contributed by atoms with Gasteiger partial charge in [-0.1, -0.05) is 6.08 Å². The van der Waals surface area contributed by atoms with E-state index in [4.69, 9.17) is 0 Å². The van der Waals surface area contributed by atoms with Crippen LogP contribution < -0.4 is 5.32 Å². The predicted octanol–water partition coefficient (Wildman–Crippen LogP) is 0.475. The number of rotatable bonds is 3. The highest BCUT2D eigenvalue weighted by Crippen LogP contribution is 1.68. The van der Waals surface area contributed by atoms with Crippen LogP contribution >= 0.6 is 0 Å². The van der Waals surface area contributed by atoms with Gasteiger partial charge < -0.3 is 5.32 Å². The Labute approximate surface area is 48.9 Å². The van der Waals surface area contributed by atoms with Crippen molar-refractivity contribution in [3.63, 3.8) is 0 Å². The van der Waals surface area contributed by atoms with Gasteiger partial charge >= 0.3 is 0 Å². The second-order valence-corrected chi connectivity index (χ2v) is 1.17. The molecule has 0 amide bonds. The van der Waals surface area contributed by atoms with E-state index in [0.717, 1.165) is 6.29 Å². The van der Waals surface area contributed by atoms with E-state index in [9.17, 15) is 4.79 Å². The fourth-order valence-corrected chi connectivity index (χ4v) is 0.261. The Morgan fingerprint density at radius 3 is 2.50 bits per heavy atom. The van der Waals surface area contributed by atoms with Gasteiger partial charge in [0.1, 0.15) is 6.29 Å². The minimum absolute atomic E-state index is 0.736. The van der Waals surface area contributed by atoms with E-state index in [1.165, 1.54) is 6.08 Å². The van der Waals surface area contributed by atoms with Gasteiger partial charge in [-0.3, -0.25) is 4.79 Å². The summed E-state index contributed by atoms with van der Waals surface area (Å²) < 4.78 is 0. The Morgan fingerprint density at radius 2 is 2.00 bits per heavy atom. The predicted molar refractivity (Wildman–Crippen MR) is 33.4 cm³/mol. The molecule has 0 bridgehead atoms. The number of hydrogen-bond donors (Lipinski definition) is 1. The van der Waals surface area contributed by atoms with E-state index in [1.54, 1.807) is 25.4 Å². The van der Waals surface area contributed by atoms with Gasteiger partial charge in [-0.25, -0.2) is 0 Å². The van der Waals surface area contributed by atoms with Crippen molar-refractivity contribution in [2.45, 2.75) is 0 Å². The second kappa shape index (κ2) is 5.95. The largest absolute Gasteiger partial charge is 0.394 e. The Balaban J connectivity index is 3.26. The first-order valence-electron chi connectivity index (χ1n) is 2.36. The van der Waals surface area contributed by atoms with E-state index in [-0.39, 0.29) is 0 Å². The first-order chi connectivity index (χ1) is 3.91. The Hall–Kier alpha value is -1.05. The minimum Gasteiger partial charge on any atom is -0.394 e. The molecule has 0 unspecified atom stereocenters. The molecule has 0 saturated carbocycles. The van der Waals surface area contributed by atoms with Crippen LogP contribution in [0.4, 0.5) is 0 Å². The minimum atomic E-state index is 0.736. The van der Waals surface area contributed by atoms with Crippen LogP contribution in [0.25, 0.3) is 0 Å². The Bertz CT molecular complexity index is 105. The van der Waals surface area contributed by atoms with Crippen molar-refractivity contribution in [3.8, 4) is 0 Å². The van der Waals surface area contributed by atoms with Crippen LogP contribution in [-0.2, 0) is 4.79 Å². The van der Waals surface area contributed by atoms with Crippen LogP contribution in [0.1, 0.15) is 0 Å². The van der Waals surface area contributed by atoms with Crippen molar-refractivity contribution in [3.05, 3.63) is 24.4 Å². The third-order valence-electron chi connectivity index (χ3n) is 0.564. The first kappa shape index (κ1) is 6.95. The number of carbonyl (C=O) groups excluding carboxylic acids is 1. The zero-order chi connectivity index (χ0) is 6.24. The van der Waals surface area contributed by atoms with Crippen molar-refractivity contribution in [2.75, 3.05) is 7.05 Å². The van der Waals surface area contributed by atoms with Crippen molar-refractivity contribution >= 4 is 6.29 Å². The van der Waals surface area contributed by atoms with Crippen LogP contribution in [0.2, 0.25) is 0 Å². The lowest BCUT2D eigenvalue weighted by Gasteiger charge is -1.77. The Kier molecular flexibility index (Phi) is 5.17. The summed E-state index contributed by atoms with van der Waals surface area (Å²) in [6.07, 6.45) is 7.30. The van der Waals surface area contributed by atoms with Crippen molar-refractivity contribution < 1.29 is 4.79 Å². The highest BCUT2D eigenvalue weighted by atomic mass is 16.1. The van der Waals surface area contributed by atoms with Gasteiger partial charge in [0, 0.05) is 7.05 Å². The van der Waals surface area contributed by atoms with Crippen LogP contribution in [0.3, 0.4) is 0 Å². The maximum Gasteiger partial charge on any atom is 0.142 e. The number of carbonyl (C=O) groups is 1. The van der Waals surface area contributed by atoms with Crippen molar-refractivity contribution in [1.82, 2.24) is 5.32 Å². The summed E-state index contributed by atoms with van der Waals surface area (Å²) in [5.74, 6) is 0. The lowest BCUT2D eigenvalue weighted by molar-refractivity contribution is -0.104. The van der Waals surface area contributed by atoms with E-state index in [1.807, 2.05) is 0 Å². The van der Waals surface area contributed by atoms with Gasteiger partial charge in [0.05, 0.1) is 0 Å². The molecule has 1 N–H and O–H groups in total. The first-order valence-corrected chi connectivity index (χ1v) is 2.36. The molecule has 0 radical (unpaired) electrons. The van der Waals surface area contributed by atoms with Gasteiger partial charge in [0.15, 0.2) is 0 Å². The van der Waals surface area contributed by atoms with Crippen molar-refractivity contribution in [1.29, 1.82) is 0 Å². The SMILES string of the molecule is CNC=CC=CC=O. The Morgan fingerprint density at radius 1 is 1.25 bits per heavy atom. The highest BCUT2D eigenvalue weighted by molar-refractivity contribution is 5.65. The summed E-state index contributed by atoms with van der Waals surface area (Å²) in [4.78, 5) is 9.63.